The number of hydrogen-bond donors (Lipinski definition) is 1. The number of alkyl carbamates (subject to hydrolysis) is 1. The van der Waals surface area contributed by atoms with Crippen molar-refractivity contribution in [2.24, 2.45) is 5.92 Å². The van der Waals surface area contributed by atoms with E-state index in [0.717, 1.165) is 25.2 Å². The molecular formula is C16H24ClN3O2. The monoisotopic (exact) mass is 325 g/mol. The van der Waals surface area contributed by atoms with Crippen molar-refractivity contribution in [3.8, 4) is 0 Å². The Hall–Kier alpha value is -1.49. The van der Waals surface area contributed by atoms with Gasteiger partial charge in [0.15, 0.2) is 0 Å². The Morgan fingerprint density at radius 1 is 1.45 bits per heavy atom. The highest BCUT2D eigenvalue weighted by Crippen LogP contribution is 2.24. The van der Waals surface area contributed by atoms with E-state index in [0.29, 0.717) is 11.1 Å². The van der Waals surface area contributed by atoms with Crippen LogP contribution in [0.1, 0.15) is 34.1 Å². The summed E-state index contributed by atoms with van der Waals surface area (Å²) >= 11 is 5.83. The minimum Gasteiger partial charge on any atom is -0.444 e. The van der Waals surface area contributed by atoms with Crippen molar-refractivity contribution < 1.29 is 9.53 Å². The van der Waals surface area contributed by atoms with Crippen LogP contribution in [0.4, 0.5) is 10.5 Å². The summed E-state index contributed by atoms with van der Waals surface area (Å²) < 4.78 is 5.35. The predicted octanol–water partition coefficient (Wildman–Crippen LogP) is 3.47. The van der Waals surface area contributed by atoms with Gasteiger partial charge in [0, 0.05) is 13.1 Å². The average molecular weight is 326 g/mol. The van der Waals surface area contributed by atoms with Crippen LogP contribution in [0.15, 0.2) is 18.3 Å². The van der Waals surface area contributed by atoms with Crippen LogP contribution >= 0.6 is 11.6 Å². The Morgan fingerprint density at radius 3 is 2.77 bits per heavy atom. The first kappa shape index (κ1) is 16.9. The number of amides is 1. The van der Waals surface area contributed by atoms with Crippen molar-refractivity contribution in [3.05, 3.63) is 23.5 Å². The van der Waals surface area contributed by atoms with Gasteiger partial charge < -0.3 is 15.0 Å². The molecule has 6 heteroatoms. The summed E-state index contributed by atoms with van der Waals surface area (Å²) in [6.07, 6.45) is 2.41. The molecule has 22 heavy (non-hydrogen) atoms. The molecule has 122 valence electrons. The van der Waals surface area contributed by atoms with E-state index in [9.17, 15) is 4.79 Å². The third kappa shape index (κ3) is 4.77. The molecule has 0 bridgehead atoms. The molecule has 2 rings (SSSR count). The number of aromatic nitrogens is 1. The Labute approximate surface area is 137 Å². The van der Waals surface area contributed by atoms with Crippen LogP contribution in [0.5, 0.6) is 0 Å². The number of nitrogens with zero attached hydrogens (tertiary/aromatic N) is 2. The first-order valence-corrected chi connectivity index (χ1v) is 7.98. The number of carbonyl (C=O) groups excluding carboxylic acids is 1. The van der Waals surface area contributed by atoms with Crippen LogP contribution < -0.4 is 10.2 Å². The number of halogens is 1. The molecule has 1 amide bonds. The highest BCUT2D eigenvalue weighted by atomic mass is 35.5. The number of piperidine rings is 1. The van der Waals surface area contributed by atoms with Gasteiger partial charge in [-0.1, -0.05) is 18.5 Å². The Balaban J connectivity index is 1.99. The highest BCUT2D eigenvalue weighted by Gasteiger charge is 2.29. The summed E-state index contributed by atoms with van der Waals surface area (Å²) in [7, 11) is 0. The molecule has 2 atom stereocenters. The maximum atomic E-state index is 12.0. The van der Waals surface area contributed by atoms with Gasteiger partial charge in [0.1, 0.15) is 10.8 Å². The van der Waals surface area contributed by atoms with Gasteiger partial charge in [-0.3, -0.25) is 0 Å². The zero-order valence-electron chi connectivity index (χ0n) is 13.6. The molecule has 0 aliphatic carbocycles. The number of hydrogen-bond acceptors (Lipinski definition) is 4. The summed E-state index contributed by atoms with van der Waals surface area (Å²) in [4.78, 5) is 18.3. The summed E-state index contributed by atoms with van der Waals surface area (Å²) in [5.41, 5.74) is 0.536. The molecule has 1 aromatic rings. The van der Waals surface area contributed by atoms with Gasteiger partial charge in [-0.25, -0.2) is 9.78 Å². The van der Waals surface area contributed by atoms with E-state index in [-0.39, 0.29) is 12.1 Å². The molecule has 5 nitrogen and oxygen atoms in total. The molecule has 1 aromatic heterocycles. The van der Waals surface area contributed by atoms with E-state index >= 15 is 0 Å². The zero-order chi connectivity index (χ0) is 16.3. The standard InChI is InChI=1S/C16H24ClN3O2/c1-11-7-8-20(12-5-6-14(17)18-9-12)10-13(11)19-15(21)22-16(2,3)4/h5-6,9,11,13H,7-8,10H2,1-4H3,(H,19,21)/t11-,13+/m0/s1. The lowest BCUT2D eigenvalue weighted by molar-refractivity contribution is 0.0483. The van der Waals surface area contributed by atoms with Crippen molar-refractivity contribution in [2.75, 3.05) is 18.0 Å². The van der Waals surface area contributed by atoms with Gasteiger partial charge in [0.25, 0.3) is 0 Å². The molecular weight excluding hydrogens is 302 g/mol. The quantitative estimate of drug-likeness (QED) is 0.846. The maximum absolute atomic E-state index is 12.0. The number of carbonyl (C=O) groups is 1. The smallest absolute Gasteiger partial charge is 0.407 e. The molecule has 0 unspecified atom stereocenters. The predicted molar refractivity (Wildman–Crippen MR) is 88.4 cm³/mol. The molecule has 1 aliphatic heterocycles. The van der Waals surface area contributed by atoms with Crippen molar-refractivity contribution in [1.82, 2.24) is 10.3 Å². The molecule has 1 fully saturated rings. The maximum Gasteiger partial charge on any atom is 0.407 e. The minimum atomic E-state index is -0.484. The number of rotatable bonds is 2. The number of anilines is 1. The number of nitrogens with one attached hydrogen (secondary N) is 1. The van der Waals surface area contributed by atoms with E-state index in [4.69, 9.17) is 16.3 Å². The van der Waals surface area contributed by atoms with E-state index in [1.165, 1.54) is 0 Å². The second-order valence-corrected chi connectivity index (χ2v) is 7.19. The van der Waals surface area contributed by atoms with Crippen LogP contribution in [0.3, 0.4) is 0 Å². The third-order valence-corrected chi connectivity index (χ3v) is 3.96. The SMILES string of the molecule is C[C@H]1CCN(c2ccc(Cl)nc2)C[C@H]1NC(=O)OC(C)(C)C. The minimum absolute atomic E-state index is 0.0549. The van der Waals surface area contributed by atoms with Crippen molar-refractivity contribution in [3.63, 3.8) is 0 Å². The largest absolute Gasteiger partial charge is 0.444 e. The molecule has 0 radical (unpaired) electrons. The van der Waals surface area contributed by atoms with E-state index in [2.05, 4.69) is 22.1 Å². The van der Waals surface area contributed by atoms with Gasteiger partial charge in [-0.2, -0.15) is 0 Å². The lowest BCUT2D eigenvalue weighted by Gasteiger charge is -2.38. The van der Waals surface area contributed by atoms with Crippen LogP contribution in [-0.4, -0.2) is 35.8 Å². The average Bonchev–Trinajstić information content (AvgIpc) is 2.40. The molecule has 1 saturated heterocycles. The first-order valence-electron chi connectivity index (χ1n) is 7.60. The summed E-state index contributed by atoms with van der Waals surface area (Å²) in [6.45, 7) is 9.42. The van der Waals surface area contributed by atoms with Crippen LogP contribution in [0.25, 0.3) is 0 Å². The second kappa shape index (κ2) is 6.73. The fourth-order valence-corrected chi connectivity index (χ4v) is 2.62. The highest BCUT2D eigenvalue weighted by molar-refractivity contribution is 6.29. The molecule has 2 heterocycles. The summed E-state index contributed by atoms with van der Waals surface area (Å²) in [5, 5.41) is 3.47. The lowest BCUT2D eigenvalue weighted by atomic mass is 9.93. The third-order valence-electron chi connectivity index (χ3n) is 3.74. The van der Waals surface area contributed by atoms with Gasteiger partial charge in [0.2, 0.25) is 0 Å². The number of pyridine rings is 1. The Kier molecular flexibility index (Phi) is 5.16. The molecule has 0 spiro atoms. The van der Waals surface area contributed by atoms with E-state index < -0.39 is 5.60 Å². The van der Waals surface area contributed by atoms with Crippen molar-refractivity contribution in [2.45, 2.75) is 45.8 Å². The number of ether oxygens (including phenoxy) is 1. The van der Waals surface area contributed by atoms with Gasteiger partial charge >= 0.3 is 6.09 Å². The fraction of sp³-hybridized carbons (Fsp3) is 0.625. The molecule has 0 saturated carbocycles. The van der Waals surface area contributed by atoms with Crippen molar-refractivity contribution >= 4 is 23.4 Å². The summed E-state index contributed by atoms with van der Waals surface area (Å²) in [6, 6.07) is 3.79. The van der Waals surface area contributed by atoms with Gasteiger partial charge in [0.05, 0.1) is 17.9 Å². The first-order chi connectivity index (χ1) is 10.2. The van der Waals surface area contributed by atoms with Crippen LogP contribution in [0.2, 0.25) is 5.15 Å². The van der Waals surface area contributed by atoms with E-state index in [1.807, 2.05) is 26.8 Å². The lowest BCUT2D eigenvalue weighted by Crippen LogP contribution is -2.52. The normalized spacial score (nSPS) is 22.3. The Morgan fingerprint density at radius 2 is 2.18 bits per heavy atom. The second-order valence-electron chi connectivity index (χ2n) is 6.80. The molecule has 1 aliphatic rings. The van der Waals surface area contributed by atoms with Gasteiger partial charge in [-0.15, -0.1) is 0 Å². The Bertz CT molecular complexity index is 513. The molecule has 0 aromatic carbocycles. The topological polar surface area (TPSA) is 54.5 Å². The van der Waals surface area contributed by atoms with Crippen LogP contribution in [0, 0.1) is 5.92 Å². The van der Waals surface area contributed by atoms with Crippen LogP contribution in [-0.2, 0) is 4.74 Å². The summed E-state index contributed by atoms with van der Waals surface area (Å²) in [5.74, 6) is 0.407. The fourth-order valence-electron chi connectivity index (χ4n) is 2.51. The van der Waals surface area contributed by atoms with Crippen molar-refractivity contribution in [1.29, 1.82) is 0 Å². The zero-order valence-corrected chi connectivity index (χ0v) is 14.4. The van der Waals surface area contributed by atoms with Gasteiger partial charge in [-0.05, 0) is 45.2 Å². The molecule has 1 N–H and O–H groups in total. The van der Waals surface area contributed by atoms with E-state index in [1.54, 1.807) is 12.3 Å².